The number of carbonyl (C=O) groups is 1. The van der Waals surface area contributed by atoms with Crippen LogP contribution in [0, 0.1) is 0 Å². The maximum atomic E-state index is 11.3. The van der Waals surface area contributed by atoms with E-state index in [1.807, 2.05) is 24.3 Å². The van der Waals surface area contributed by atoms with Crippen molar-refractivity contribution in [2.75, 3.05) is 7.11 Å². The molecule has 0 amide bonds. The van der Waals surface area contributed by atoms with Gasteiger partial charge in [-0.3, -0.25) is 0 Å². The first kappa shape index (κ1) is 14.5. The van der Waals surface area contributed by atoms with E-state index in [-0.39, 0.29) is 5.97 Å². The Hall–Kier alpha value is -1.55. The zero-order chi connectivity index (χ0) is 13.5. The van der Waals surface area contributed by atoms with Crippen LogP contribution in [-0.4, -0.2) is 25.2 Å². The molecule has 1 unspecified atom stereocenters. The molecule has 4 nitrogen and oxygen atoms in total. The van der Waals surface area contributed by atoms with E-state index in [4.69, 9.17) is 4.74 Å². The molecule has 1 N–H and O–H groups in total. The number of esters is 1. The molecule has 0 aliphatic rings. The van der Waals surface area contributed by atoms with Crippen LogP contribution >= 0.6 is 0 Å². The highest BCUT2D eigenvalue weighted by atomic mass is 16.6. The van der Waals surface area contributed by atoms with Gasteiger partial charge >= 0.3 is 5.97 Å². The summed E-state index contributed by atoms with van der Waals surface area (Å²) in [6.45, 7) is 6.64. The van der Waals surface area contributed by atoms with Gasteiger partial charge in [-0.15, -0.1) is 0 Å². The molecular formula is C14H21NO3. The van der Waals surface area contributed by atoms with Crippen molar-refractivity contribution in [2.24, 2.45) is 0 Å². The molecule has 0 spiro atoms. The number of nitrogens with one attached hydrogen (secondary N) is 1. The molecule has 100 valence electrons. The Morgan fingerprint density at radius 3 is 2.67 bits per heavy atom. The molecule has 0 aliphatic carbocycles. The minimum absolute atomic E-state index is 0.374. The van der Waals surface area contributed by atoms with E-state index in [1.54, 1.807) is 6.92 Å². The van der Waals surface area contributed by atoms with Crippen molar-refractivity contribution in [3.63, 3.8) is 0 Å². The van der Waals surface area contributed by atoms with Gasteiger partial charge in [-0.1, -0.05) is 26.0 Å². The number of rotatable bonds is 6. The van der Waals surface area contributed by atoms with Crippen LogP contribution in [0.4, 0.5) is 0 Å². The smallest absolute Gasteiger partial charge is 0.346 e. The Morgan fingerprint density at radius 1 is 1.33 bits per heavy atom. The summed E-state index contributed by atoms with van der Waals surface area (Å²) in [6.07, 6.45) is -0.594. The Kier molecular flexibility index (Phi) is 5.65. The Morgan fingerprint density at radius 2 is 2.06 bits per heavy atom. The largest absolute Gasteiger partial charge is 0.479 e. The molecule has 0 bridgehead atoms. The predicted molar refractivity (Wildman–Crippen MR) is 70.5 cm³/mol. The maximum Gasteiger partial charge on any atom is 0.346 e. The monoisotopic (exact) mass is 251 g/mol. The number of benzene rings is 1. The van der Waals surface area contributed by atoms with E-state index in [0.717, 1.165) is 12.1 Å². The molecule has 0 heterocycles. The summed E-state index contributed by atoms with van der Waals surface area (Å²) < 4.78 is 10.1. The third-order valence-electron chi connectivity index (χ3n) is 2.46. The molecule has 1 aromatic rings. The van der Waals surface area contributed by atoms with Crippen LogP contribution in [0.15, 0.2) is 24.3 Å². The fourth-order valence-corrected chi connectivity index (χ4v) is 1.47. The zero-order valence-electron chi connectivity index (χ0n) is 11.4. The summed E-state index contributed by atoms with van der Waals surface area (Å²) >= 11 is 0. The fourth-order valence-electron chi connectivity index (χ4n) is 1.47. The molecular weight excluding hydrogens is 230 g/mol. The van der Waals surface area contributed by atoms with Crippen LogP contribution in [0.5, 0.6) is 5.75 Å². The lowest BCUT2D eigenvalue weighted by Crippen LogP contribution is -2.25. The first-order valence-corrected chi connectivity index (χ1v) is 6.09. The summed E-state index contributed by atoms with van der Waals surface area (Å²) in [7, 11) is 1.35. The topological polar surface area (TPSA) is 47.6 Å². The third-order valence-corrected chi connectivity index (χ3v) is 2.46. The average Bonchev–Trinajstić information content (AvgIpc) is 2.35. The first-order valence-electron chi connectivity index (χ1n) is 6.09. The van der Waals surface area contributed by atoms with E-state index in [0.29, 0.717) is 11.8 Å². The van der Waals surface area contributed by atoms with Gasteiger partial charge in [-0.25, -0.2) is 4.79 Å². The molecule has 0 fully saturated rings. The van der Waals surface area contributed by atoms with Gasteiger partial charge in [-0.2, -0.15) is 0 Å². The fraction of sp³-hybridized carbons (Fsp3) is 0.500. The second-order valence-corrected chi connectivity index (χ2v) is 4.47. The molecule has 1 atom stereocenters. The number of hydrogen-bond acceptors (Lipinski definition) is 4. The lowest BCUT2D eigenvalue weighted by molar-refractivity contribution is -0.147. The first-order chi connectivity index (χ1) is 8.52. The Bertz CT molecular complexity index is 390. The van der Waals surface area contributed by atoms with Gasteiger partial charge in [0, 0.05) is 12.6 Å². The molecule has 1 rings (SSSR count). The van der Waals surface area contributed by atoms with Crippen molar-refractivity contribution in [3.8, 4) is 5.75 Å². The van der Waals surface area contributed by atoms with E-state index in [2.05, 4.69) is 23.9 Å². The quantitative estimate of drug-likeness (QED) is 0.787. The van der Waals surface area contributed by atoms with Crippen molar-refractivity contribution in [1.82, 2.24) is 5.32 Å². The minimum Gasteiger partial charge on any atom is -0.479 e. The third kappa shape index (κ3) is 4.75. The number of hydrogen-bond donors (Lipinski definition) is 1. The SMILES string of the molecule is COC(=O)C(C)Oc1cccc(CNC(C)C)c1. The molecule has 4 heteroatoms. The molecule has 0 aliphatic heterocycles. The van der Waals surface area contributed by atoms with Gasteiger partial charge in [0.25, 0.3) is 0 Å². The van der Waals surface area contributed by atoms with Crippen molar-refractivity contribution in [1.29, 1.82) is 0 Å². The summed E-state index contributed by atoms with van der Waals surface area (Å²) in [5.41, 5.74) is 1.12. The van der Waals surface area contributed by atoms with Crippen LogP contribution in [-0.2, 0) is 16.1 Å². The van der Waals surface area contributed by atoms with Gasteiger partial charge < -0.3 is 14.8 Å². The second kappa shape index (κ2) is 7.01. The Labute approximate surface area is 108 Å². The highest BCUT2D eigenvalue weighted by Crippen LogP contribution is 2.15. The molecule has 0 aromatic heterocycles. The van der Waals surface area contributed by atoms with Gasteiger partial charge in [0.05, 0.1) is 7.11 Å². The van der Waals surface area contributed by atoms with Crippen LogP contribution in [0.1, 0.15) is 26.3 Å². The standard InChI is InChI=1S/C14H21NO3/c1-10(2)15-9-12-6-5-7-13(8-12)18-11(3)14(16)17-4/h5-8,10-11,15H,9H2,1-4H3. The number of ether oxygens (including phenoxy) is 2. The van der Waals surface area contributed by atoms with Gasteiger partial charge in [0.1, 0.15) is 5.75 Å². The van der Waals surface area contributed by atoms with Crippen LogP contribution < -0.4 is 10.1 Å². The molecule has 0 saturated heterocycles. The average molecular weight is 251 g/mol. The van der Waals surface area contributed by atoms with E-state index in [9.17, 15) is 4.79 Å². The lowest BCUT2D eigenvalue weighted by atomic mass is 10.2. The number of carbonyl (C=O) groups excluding carboxylic acids is 1. The lowest BCUT2D eigenvalue weighted by Gasteiger charge is -2.14. The number of methoxy groups -OCH3 is 1. The Balaban J connectivity index is 2.61. The minimum atomic E-state index is -0.594. The van der Waals surface area contributed by atoms with Crippen molar-refractivity contribution in [3.05, 3.63) is 29.8 Å². The zero-order valence-corrected chi connectivity index (χ0v) is 11.4. The molecule has 0 saturated carbocycles. The highest BCUT2D eigenvalue weighted by molar-refractivity contribution is 5.74. The van der Waals surface area contributed by atoms with E-state index in [1.165, 1.54) is 7.11 Å². The van der Waals surface area contributed by atoms with Crippen molar-refractivity contribution >= 4 is 5.97 Å². The summed E-state index contributed by atoms with van der Waals surface area (Å²) in [5, 5.41) is 3.33. The molecule has 1 aromatic carbocycles. The summed E-state index contributed by atoms with van der Waals surface area (Å²) in [4.78, 5) is 11.3. The van der Waals surface area contributed by atoms with Crippen LogP contribution in [0.2, 0.25) is 0 Å². The maximum absolute atomic E-state index is 11.3. The molecule has 0 radical (unpaired) electrons. The molecule has 18 heavy (non-hydrogen) atoms. The van der Waals surface area contributed by atoms with Gasteiger partial charge in [0.15, 0.2) is 6.10 Å². The van der Waals surface area contributed by atoms with Crippen LogP contribution in [0.3, 0.4) is 0 Å². The predicted octanol–water partition coefficient (Wildman–Crippen LogP) is 2.12. The van der Waals surface area contributed by atoms with Gasteiger partial charge in [-0.05, 0) is 24.6 Å². The highest BCUT2D eigenvalue weighted by Gasteiger charge is 2.14. The van der Waals surface area contributed by atoms with Crippen LogP contribution in [0.25, 0.3) is 0 Å². The summed E-state index contributed by atoms with van der Waals surface area (Å²) in [5.74, 6) is 0.302. The van der Waals surface area contributed by atoms with Crippen molar-refractivity contribution < 1.29 is 14.3 Å². The van der Waals surface area contributed by atoms with E-state index >= 15 is 0 Å². The van der Waals surface area contributed by atoms with Gasteiger partial charge in [0.2, 0.25) is 0 Å². The summed E-state index contributed by atoms with van der Waals surface area (Å²) in [6, 6.07) is 8.12. The second-order valence-electron chi connectivity index (χ2n) is 4.47. The van der Waals surface area contributed by atoms with E-state index < -0.39 is 6.10 Å². The van der Waals surface area contributed by atoms with Crippen molar-refractivity contribution in [2.45, 2.75) is 39.5 Å². The normalized spacial score (nSPS) is 12.3.